The van der Waals surface area contributed by atoms with Gasteiger partial charge in [0.25, 0.3) is 5.91 Å². The van der Waals surface area contributed by atoms with E-state index in [0.29, 0.717) is 21.5 Å². The van der Waals surface area contributed by atoms with E-state index in [4.69, 9.17) is 10.5 Å². The number of thiophene rings is 1. The second kappa shape index (κ2) is 5.38. The Balaban J connectivity index is 1.80. The number of nitrogen functional groups attached to an aromatic ring is 1. The van der Waals surface area contributed by atoms with Gasteiger partial charge in [-0.1, -0.05) is 6.07 Å². The van der Waals surface area contributed by atoms with Crippen molar-refractivity contribution >= 4 is 33.0 Å². The van der Waals surface area contributed by atoms with Crippen LogP contribution in [0.4, 0.5) is 10.1 Å². The van der Waals surface area contributed by atoms with Crippen molar-refractivity contribution in [1.82, 2.24) is 5.32 Å². The van der Waals surface area contributed by atoms with Gasteiger partial charge in [0.2, 0.25) is 0 Å². The van der Waals surface area contributed by atoms with E-state index in [1.165, 1.54) is 17.4 Å². The summed E-state index contributed by atoms with van der Waals surface area (Å²) in [4.78, 5) is 12.5. The van der Waals surface area contributed by atoms with E-state index in [1.54, 1.807) is 12.1 Å². The number of fused-ring (bicyclic) bond motifs is 1. The number of hydrogen-bond acceptors (Lipinski definition) is 4. The monoisotopic (exact) mass is 294 g/mol. The molecule has 1 unspecified atom stereocenters. The smallest absolute Gasteiger partial charge is 0.263 e. The summed E-state index contributed by atoms with van der Waals surface area (Å²) in [5.74, 6) is -0.659. The summed E-state index contributed by atoms with van der Waals surface area (Å²) in [7, 11) is 0. The van der Waals surface area contributed by atoms with Gasteiger partial charge in [-0.3, -0.25) is 4.79 Å². The number of amides is 1. The summed E-state index contributed by atoms with van der Waals surface area (Å²) in [5, 5.41) is 3.14. The van der Waals surface area contributed by atoms with Crippen LogP contribution in [0, 0.1) is 5.82 Å². The van der Waals surface area contributed by atoms with Crippen LogP contribution in [-0.2, 0) is 4.74 Å². The lowest BCUT2D eigenvalue weighted by Crippen LogP contribution is -2.31. The zero-order valence-corrected chi connectivity index (χ0v) is 11.6. The number of rotatable bonds is 3. The largest absolute Gasteiger partial charge is 0.397 e. The van der Waals surface area contributed by atoms with Crippen LogP contribution in [0.1, 0.15) is 22.5 Å². The first-order valence-corrected chi connectivity index (χ1v) is 7.34. The van der Waals surface area contributed by atoms with Crippen molar-refractivity contribution in [3.63, 3.8) is 0 Å². The lowest BCUT2D eigenvalue weighted by atomic mass is 10.2. The predicted octanol–water partition coefficient (Wildman–Crippen LogP) is 2.53. The molecule has 0 aliphatic carbocycles. The molecule has 1 aliphatic rings. The maximum atomic E-state index is 13.7. The van der Waals surface area contributed by atoms with Crippen LogP contribution >= 0.6 is 11.3 Å². The van der Waals surface area contributed by atoms with Crippen molar-refractivity contribution in [1.29, 1.82) is 0 Å². The highest BCUT2D eigenvalue weighted by Gasteiger charge is 2.21. The summed E-state index contributed by atoms with van der Waals surface area (Å²) >= 11 is 1.21. The molecule has 1 atom stereocenters. The topological polar surface area (TPSA) is 64.4 Å². The summed E-state index contributed by atoms with van der Waals surface area (Å²) < 4.78 is 19.9. The molecule has 0 radical (unpaired) electrons. The van der Waals surface area contributed by atoms with Crippen molar-refractivity contribution in [2.45, 2.75) is 18.9 Å². The van der Waals surface area contributed by atoms with E-state index in [0.717, 1.165) is 19.4 Å². The fourth-order valence-electron chi connectivity index (χ4n) is 2.39. The normalized spacial score (nSPS) is 18.6. The SMILES string of the molecule is Nc1c(C(=O)NCC2CCCO2)sc2cccc(F)c12. The van der Waals surface area contributed by atoms with Crippen LogP contribution in [0.25, 0.3) is 10.1 Å². The van der Waals surface area contributed by atoms with E-state index in [2.05, 4.69) is 5.32 Å². The minimum absolute atomic E-state index is 0.0753. The number of hydrogen-bond donors (Lipinski definition) is 2. The molecule has 1 aromatic carbocycles. The first-order chi connectivity index (χ1) is 9.66. The molecular formula is C14H15FN2O2S. The molecule has 1 fully saturated rings. The van der Waals surface area contributed by atoms with Crippen LogP contribution < -0.4 is 11.1 Å². The average molecular weight is 294 g/mol. The van der Waals surface area contributed by atoms with Gasteiger partial charge in [0.05, 0.1) is 17.2 Å². The first-order valence-electron chi connectivity index (χ1n) is 6.53. The second-order valence-corrected chi connectivity index (χ2v) is 5.86. The molecule has 1 amide bonds. The molecule has 3 rings (SSSR count). The van der Waals surface area contributed by atoms with E-state index >= 15 is 0 Å². The minimum atomic E-state index is -0.394. The second-order valence-electron chi connectivity index (χ2n) is 4.80. The summed E-state index contributed by atoms with van der Waals surface area (Å²) in [6.45, 7) is 1.21. The molecule has 2 heterocycles. The van der Waals surface area contributed by atoms with Gasteiger partial charge in [0.1, 0.15) is 10.7 Å². The molecule has 0 spiro atoms. The Morgan fingerprint density at radius 2 is 2.40 bits per heavy atom. The Bertz CT molecular complexity index is 650. The van der Waals surface area contributed by atoms with Crippen molar-refractivity contribution in [2.24, 2.45) is 0 Å². The molecule has 0 saturated carbocycles. The maximum absolute atomic E-state index is 13.7. The van der Waals surface area contributed by atoms with Crippen LogP contribution in [0.15, 0.2) is 18.2 Å². The molecule has 1 saturated heterocycles. The first kappa shape index (κ1) is 13.3. The van der Waals surface area contributed by atoms with Crippen molar-refractivity contribution in [2.75, 3.05) is 18.9 Å². The Morgan fingerprint density at radius 3 is 3.10 bits per heavy atom. The molecule has 1 aromatic heterocycles. The van der Waals surface area contributed by atoms with E-state index in [1.807, 2.05) is 0 Å². The molecule has 106 valence electrons. The highest BCUT2D eigenvalue weighted by Crippen LogP contribution is 2.35. The van der Waals surface area contributed by atoms with Gasteiger partial charge in [0.15, 0.2) is 0 Å². The lowest BCUT2D eigenvalue weighted by molar-refractivity contribution is 0.0862. The number of carbonyl (C=O) groups excluding carboxylic acids is 1. The van der Waals surface area contributed by atoms with Crippen LogP contribution in [-0.4, -0.2) is 25.2 Å². The number of benzene rings is 1. The number of nitrogens with one attached hydrogen (secondary N) is 1. The van der Waals surface area contributed by atoms with Gasteiger partial charge in [-0.05, 0) is 25.0 Å². The minimum Gasteiger partial charge on any atom is -0.397 e. The zero-order valence-electron chi connectivity index (χ0n) is 10.8. The third kappa shape index (κ3) is 2.36. The number of halogens is 1. The molecule has 6 heteroatoms. The third-order valence-corrected chi connectivity index (χ3v) is 4.59. The summed E-state index contributed by atoms with van der Waals surface area (Å²) in [5.41, 5.74) is 6.12. The summed E-state index contributed by atoms with van der Waals surface area (Å²) in [6, 6.07) is 4.72. The van der Waals surface area contributed by atoms with E-state index in [9.17, 15) is 9.18 Å². The Labute approximate surface area is 119 Å². The quantitative estimate of drug-likeness (QED) is 0.914. The molecule has 1 aliphatic heterocycles. The van der Waals surface area contributed by atoms with Gasteiger partial charge in [-0.15, -0.1) is 11.3 Å². The van der Waals surface area contributed by atoms with Gasteiger partial charge in [-0.2, -0.15) is 0 Å². The number of nitrogens with two attached hydrogens (primary N) is 1. The van der Waals surface area contributed by atoms with Crippen LogP contribution in [0.5, 0.6) is 0 Å². The summed E-state index contributed by atoms with van der Waals surface area (Å²) in [6.07, 6.45) is 2.06. The van der Waals surface area contributed by atoms with E-state index < -0.39 is 5.82 Å². The molecule has 3 N–H and O–H groups in total. The molecule has 4 nitrogen and oxygen atoms in total. The number of ether oxygens (including phenoxy) is 1. The van der Waals surface area contributed by atoms with Crippen molar-refractivity contribution in [3.8, 4) is 0 Å². The molecule has 2 aromatic rings. The molecule has 20 heavy (non-hydrogen) atoms. The standard InChI is InChI=1S/C14H15FN2O2S/c15-9-4-1-5-10-11(9)12(16)13(20-10)14(18)17-7-8-3-2-6-19-8/h1,4-5,8H,2-3,6-7,16H2,(H,17,18). The Hall–Kier alpha value is -1.66. The van der Waals surface area contributed by atoms with Gasteiger partial charge in [0, 0.05) is 17.9 Å². The fourth-order valence-corrected chi connectivity index (χ4v) is 3.44. The fraction of sp³-hybridized carbons (Fsp3) is 0.357. The third-order valence-electron chi connectivity index (χ3n) is 3.42. The van der Waals surface area contributed by atoms with Crippen LogP contribution in [0.3, 0.4) is 0 Å². The highest BCUT2D eigenvalue weighted by atomic mass is 32.1. The zero-order chi connectivity index (χ0) is 14.1. The van der Waals surface area contributed by atoms with Gasteiger partial charge >= 0.3 is 0 Å². The van der Waals surface area contributed by atoms with E-state index in [-0.39, 0.29) is 17.7 Å². The lowest BCUT2D eigenvalue weighted by Gasteiger charge is -2.10. The highest BCUT2D eigenvalue weighted by molar-refractivity contribution is 7.21. The number of anilines is 1. The Kier molecular flexibility index (Phi) is 3.58. The number of carbonyl (C=O) groups is 1. The Morgan fingerprint density at radius 1 is 1.55 bits per heavy atom. The average Bonchev–Trinajstić information content (AvgIpc) is 3.05. The van der Waals surface area contributed by atoms with Gasteiger partial charge < -0.3 is 15.8 Å². The van der Waals surface area contributed by atoms with Crippen molar-refractivity contribution in [3.05, 3.63) is 28.9 Å². The molecular weight excluding hydrogens is 279 g/mol. The van der Waals surface area contributed by atoms with Gasteiger partial charge in [-0.25, -0.2) is 4.39 Å². The maximum Gasteiger partial charge on any atom is 0.263 e. The predicted molar refractivity (Wildman–Crippen MR) is 77.5 cm³/mol. The van der Waals surface area contributed by atoms with Crippen molar-refractivity contribution < 1.29 is 13.9 Å². The molecule has 0 bridgehead atoms. The van der Waals surface area contributed by atoms with Crippen LogP contribution in [0.2, 0.25) is 0 Å².